The van der Waals surface area contributed by atoms with Crippen molar-refractivity contribution >= 4 is 5.78 Å². The van der Waals surface area contributed by atoms with Gasteiger partial charge in [-0.15, -0.1) is 0 Å². The smallest absolute Gasteiger partial charge is 0.138 e. The summed E-state index contributed by atoms with van der Waals surface area (Å²) >= 11 is 0. The molecule has 3 nitrogen and oxygen atoms in total. The molecule has 2 rings (SSSR count). The van der Waals surface area contributed by atoms with Crippen molar-refractivity contribution in [1.82, 2.24) is 4.90 Å². The van der Waals surface area contributed by atoms with Crippen LogP contribution in [0.4, 0.5) is 4.39 Å². The highest BCUT2D eigenvalue weighted by Gasteiger charge is 2.28. The van der Waals surface area contributed by atoms with Crippen molar-refractivity contribution < 1.29 is 13.9 Å². The predicted octanol–water partition coefficient (Wildman–Crippen LogP) is 4.85. The van der Waals surface area contributed by atoms with Crippen LogP contribution in [-0.4, -0.2) is 29.9 Å². The van der Waals surface area contributed by atoms with Gasteiger partial charge in [0.15, 0.2) is 0 Å². The number of hydrogen-bond acceptors (Lipinski definition) is 3. The Bertz CT molecular complexity index is 633. The summed E-state index contributed by atoms with van der Waals surface area (Å²) in [6.45, 7) is 13.8. The van der Waals surface area contributed by atoms with E-state index in [1.54, 1.807) is 12.1 Å². The van der Waals surface area contributed by atoms with E-state index in [4.69, 9.17) is 4.74 Å². The number of Topliss-reactive ketones (excluding diaryl/α,β-unsaturated/α-hetero) is 1. The molecule has 1 atom stereocenters. The van der Waals surface area contributed by atoms with Gasteiger partial charge in [0.05, 0.1) is 6.54 Å². The minimum absolute atomic E-state index is 0.0320. The van der Waals surface area contributed by atoms with E-state index >= 15 is 0 Å². The van der Waals surface area contributed by atoms with Gasteiger partial charge in [0, 0.05) is 37.1 Å². The first-order valence-corrected chi connectivity index (χ1v) is 9.11. The molecule has 1 saturated heterocycles. The predicted molar refractivity (Wildman–Crippen MR) is 99.4 cm³/mol. The molecule has 0 N–H and O–H groups in total. The van der Waals surface area contributed by atoms with E-state index in [0.29, 0.717) is 12.8 Å². The van der Waals surface area contributed by atoms with Crippen LogP contribution in [-0.2, 0) is 10.2 Å². The van der Waals surface area contributed by atoms with E-state index < -0.39 is 0 Å². The van der Waals surface area contributed by atoms with Crippen molar-refractivity contribution in [2.24, 2.45) is 0 Å². The molecule has 1 unspecified atom stereocenters. The van der Waals surface area contributed by atoms with Gasteiger partial charge in [-0.25, -0.2) is 4.39 Å². The third-order valence-electron chi connectivity index (χ3n) is 4.57. The van der Waals surface area contributed by atoms with Crippen LogP contribution in [0.2, 0.25) is 0 Å². The van der Waals surface area contributed by atoms with Gasteiger partial charge in [0.25, 0.3) is 0 Å². The number of halogens is 1. The Labute approximate surface area is 150 Å². The van der Waals surface area contributed by atoms with Crippen LogP contribution < -0.4 is 4.74 Å². The second-order valence-electron chi connectivity index (χ2n) is 7.90. The van der Waals surface area contributed by atoms with Crippen LogP contribution in [0.5, 0.6) is 5.75 Å². The summed E-state index contributed by atoms with van der Waals surface area (Å²) in [7, 11) is 0. The van der Waals surface area contributed by atoms with E-state index in [1.807, 2.05) is 6.92 Å². The topological polar surface area (TPSA) is 29.5 Å². The lowest BCUT2D eigenvalue weighted by Crippen LogP contribution is -2.26. The molecule has 1 aliphatic heterocycles. The molecule has 0 spiro atoms. The molecule has 25 heavy (non-hydrogen) atoms. The average Bonchev–Trinajstić information content (AvgIpc) is 2.97. The zero-order valence-electron chi connectivity index (χ0n) is 15.9. The molecule has 138 valence electrons. The normalized spacial score (nSPS) is 17.6. The maximum absolute atomic E-state index is 13.6. The van der Waals surface area contributed by atoms with Crippen molar-refractivity contribution in [3.05, 3.63) is 41.9 Å². The van der Waals surface area contributed by atoms with Gasteiger partial charge in [0.2, 0.25) is 0 Å². The van der Waals surface area contributed by atoms with Crippen molar-refractivity contribution in [2.75, 3.05) is 13.1 Å². The van der Waals surface area contributed by atoms with Crippen LogP contribution >= 0.6 is 0 Å². The van der Waals surface area contributed by atoms with E-state index in [1.165, 1.54) is 6.07 Å². The van der Waals surface area contributed by atoms with Gasteiger partial charge in [-0.2, -0.15) is 0 Å². The molecule has 1 aromatic rings. The second kappa shape index (κ2) is 8.03. The molecule has 0 saturated carbocycles. The maximum atomic E-state index is 13.6. The molecule has 0 bridgehead atoms. The summed E-state index contributed by atoms with van der Waals surface area (Å²) in [5, 5.41) is 0. The molecular formula is C21H30FNO2. The quantitative estimate of drug-likeness (QED) is 0.706. The largest absolute Gasteiger partial charge is 0.488 e. The number of likely N-dealkylation sites (tertiary alicyclic amines) is 1. The SMILES string of the molecule is C=C(CC(=O)CCC)N1CCC(Oc2ccc(F)cc2C(C)(C)C)C1. The van der Waals surface area contributed by atoms with Crippen molar-refractivity contribution in [1.29, 1.82) is 0 Å². The van der Waals surface area contributed by atoms with E-state index in [2.05, 4.69) is 32.3 Å². The number of nitrogens with zero attached hydrogens (tertiary/aromatic N) is 1. The van der Waals surface area contributed by atoms with Crippen LogP contribution in [0.15, 0.2) is 30.5 Å². The van der Waals surface area contributed by atoms with Crippen molar-refractivity contribution in [2.45, 2.75) is 64.9 Å². The summed E-state index contributed by atoms with van der Waals surface area (Å²) < 4.78 is 19.8. The minimum Gasteiger partial charge on any atom is -0.488 e. The molecule has 0 aromatic heterocycles. The summed E-state index contributed by atoms with van der Waals surface area (Å²) in [4.78, 5) is 14.0. The molecule has 1 fully saturated rings. The Balaban J connectivity index is 2.00. The number of ether oxygens (including phenoxy) is 1. The number of allylic oxidation sites excluding steroid dienone is 1. The first kappa shape index (κ1) is 19.5. The third-order valence-corrected chi connectivity index (χ3v) is 4.57. The van der Waals surface area contributed by atoms with Crippen LogP contribution in [0.25, 0.3) is 0 Å². The second-order valence-corrected chi connectivity index (χ2v) is 7.90. The summed E-state index contributed by atoms with van der Waals surface area (Å²) in [5.74, 6) is 0.743. The fourth-order valence-corrected chi connectivity index (χ4v) is 3.19. The van der Waals surface area contributed by atoms with E-state index in [9.17, 15) is 9.18 Å². The van der Waals surface area contributed by atoms with Crippen LogP contribution in [0.1, 0.15) is 58.9 Å². The molecule has 1 heterocycles. The highest BCUT2D eigenvalue weighted by molar-refractivity contribution is 5.80. The molecule has 4 heteroatoms. The van der Waals surface area contributed by atoms with Gasteiger partial charge < -0.3 is 9.64 Å². The minimum atomic E-state index is -0.242. The Morgan fingerprint density at radius 1 is 1.40 bits per heavy atom. The summed E-state index contributed by atoms with van der Waals surface area (Å²) in [6, 6.07) is 4.72. The van der Waals surface area contributed by atoms with Crippen LogP contribution in [0, 0.1) is 5.82 Å². The van der Waals surface area contributed by atoms with Crippen molar-refractivity contribution in [3.8, 4) is 5.75 Å². The van der Waals surface area contributed by atoms with Gasteiger partial charge in [-0.1, -0.05) is 34.3 Å². The zero-order chi connectivity index (χ0) is 18.6. The standard InChI is InChI=1S/C21H30FNO2/c1-6-7-17(24)12-15(2)23-11-10-18(14-23)25-20-9-8-16(22)13-19(20)21(3,4)5/h8-9,13,18H,2,6-7,10-12,14H2,1,3-5H3. The first-order valence-electron chi connectivity index (χ1n) is 9.11. The number of carbonyl (C=O) groups excluding carboxylic acids is 1. The molecule has 1 aliphatic rings. The van der Waals surface area contributed by atoms with Crippen LogP contribution in [0.3, 0.4) is 0 Å². The monoisotopic (exact) mass is 347 g/mol. The highest BCUT2D eigenvalue weighted by Crippen LogP contribution is 2.33. The Kier molecular flexibility index (Phi) is 6.26. The number of rotatable bonds is 7. The average molecular weight is 347 g/mol. The zero-order valence-corrected chi connectivity index (χ0v) is 15.9. The Morgan fingerprint density at radius 3 is 2.76 bits per heavy atom. The number of carbonyl (C=O) groups is 1. The Morgan fingerprint density at radius 2 is 2.12 bits per heavy atom. The van der Waals surface area contributed by atoms with Gasteiger partial charge >= 0.3 is 0 Å². The molecule has 0 aliphatic carbocycles. The molecule has 0 radical (unpaired) electrons. The van der Waals surface area contributed by atoms with E-state index in [0.717, 1.165) is 42.9 Å². The van der Waals surface area contributed by atoms with Gasteiger partial charge in [-0.05, 0) is 30.0 Å². The Hall–Kier alpha value is -1.84. The highest BCUT2D eigenvalue weighted by atomic mass is 19.1. The summed E-state index contributed by atoms with van der Waals surface area (Å²) in [6.07, 6.45) is 2.81. The van der Waals surface area contributed by atoms with E-state index in [-0.39, 0.29) is 23.1 Å². The molecule has 1 aromatic carbocycles. The first-order chi connectivity index (χ1) is 11.7. The lowest BCUT2D eigenvalue weighted by molar-refractivity contribution is -0.118. The lowest BCUT2D eigenvalue weighted by atomic mass is 9.86. The van der Waals surface area contributed by atoms with Gasteiger partial charge in [-0.3, -0.25) is 4.79 Å². The summed E-state index contributed by atoms with van der Waals surface area (Å²) in [5.41, 5.74) is 1.56. The fraction of sp³-hybridized carbons (Fsp3) is 0.571. The lowest BCUT2D eigenvalue weighted by Gasteiger charge is -2.25. The molecular weight excluding hydrogens is 317 g/mol. The molecule has 0 amide bonds. The third kappa shape index (κ3) is 5.32. The fourth-order valence-electron chi connectivity index (χ4n) is 3.19. The number of benzene rings is 1. The van der Waals surface area contributed by atoms with Gasteiger partial charge in [0.1, 0.15) is 23.5 Å². The number of hydrogen-bond donors (Lipinski definition) is 0. The number of ketones is 1. The van der Waals surface area contributed by atoms with Crippen molar-refractivity contribution in [3.63, 3.8) is 0 Å². The maximum Gasteiger partial charge on any atom is 0.138 e.